The van der Waals surface area contributed by atoms with E-state index < -0.39 is 17.7 Å². The lowest BCUT2D eigenvalue weighted by Gasteiger charge is -2.24. The molecule has 126 valence electrons. The van der Waals surface area contributed by atoms with Gasteiger partial charge in [-0.3, -0.25) is 14.4 Å². The topological polar surface area (TPSA) is 60.4 Å². The molecule has 0 saturated heterocycles. The molecule has 0 fully saturated rings. The van der Waals surface area contributed by atoms with Crippen LogP contribution in [0, 0.1) is 12.8 Å². The van der Waals surface area contributed by atoms with Gasteiger partial charge in [-0.25, -0.2) is 0 Å². The van der Waals surface area contributed by atoms with Gasteiger partial charge in [-0.1, -0.05) is 54.1 Å². The lowest BCUT2D eigenvalue weighted by Crippen LogP contribution is -2.36. The molecule has 0 amide bonds. The highest BCUT2D eigenvalue weighted by Gasteiger charge is 2.42. The van der Waals surface area contributed by atoms with Crippen molar-refractivity contribution in [2.45, 2.75) is 13.8 Å². The molecule has 0 radical (unpaired) electrons. The van der Waals surface area contributed by atoms with E-state index in [2.05, 4.69) is 0 Å². The maximum atomic E-state index is 12.9. The predicted molar refractivity (Wildman–Crippen MR) is 94.4 cm³/mol. The van der Waals surface area contributed by atoms with Crippen molar-refractivity contribution in [3.8, 4) is 0 Å². The first-order chi connectivity index (χ1) is 12.0. The van der Waals surface area contributed by atoms with Crippen molar-refractivity contribution in [3.05, 3.63) is 76.4 Å². The van der Waals surface area contributed by atoms with Crippen molar-refractivity contribution < 1.29 is 19.1 Å². The van der Waals surface area contributed by atoms with Crippen LogP contribution in [-0.4, -0.2) is 24.1 Å². The smallest absolute Gasteiger partial charge is 0.321 e. The second kappa shape index (κ2) is 6.85. The summed E-state index contributed by atoms with van der Waals surface area (Å²) in [6.45, 7) is 3.78. The average Bonchev–Trinajstić information content (AvgIpc) is 2.61. The SMILES string of the molecule is CCOC(=O)[C@H]1C(=O)c2ccccc2C(=O)/C1=C\c1ccc(C)cc1. The van der Waals surface area contributed by atoms with Gasteiger partial charge in [0.25, 0.3) is 0 Å². The number of rotatable bonds is 3. The number of hydrogen-bond acceptors (Lipinski definition) is 4. The molecule has 3 rings (SSSR count). The molecule has 2 aromatic rings. The summed E-state index contributed by atoms with van der Waals surface area (Å²) >= 11 is 0. The number of aryl methyl sites for hydroxylation is 1. The number of carbonyl (C=O) groups excluding carboxylic acids is 3. The van der Waals surface area contributed by atoms with Crippen LogP contribution in [0.2, 0.25) is 0 Å². The van der Waals surface area contributed by atoms with Crippen LogP contribution < -0.4 is 0 Å². The Hall–Kier alpha value is -3.01. The third-order valence-corrected chi connectivity index (χ3v) is 4.19. The van der Waals surface area contributed by atoms with Crippen LogP contribution in [0.5, 0.6) is 0 Å². The highest BCUT2D eigenvalue weighted by Crippen LogP contribution is 2.32. The van der Waals surface area contributed by atoms with Crippen molar-refractivity contribution in [1.82, 2.24) is 0 Å². The molecule has 0 saturated carbocycles. The molecule has 4 heteroatoms. The van der Waals surface area contributed by atoms with Crippen LogP contribution >= 0.6 is 0 Å². The number of carbonyl (C=O) groups is 3. The van der Waals surface area contributed by atoms with E-state index in [1.807, 2.05) is 31.2 Å². The largest absolute Gasteiger partial charge is 0.465 e. The van der Waals surface area contributed by atoms with E-state index in [1.165, 1.54) is 0 Å². The number of hydrogen-bond donors (Lipinski definition) is 0. The van der Waals surface area contributed by atoms with E-state index in [9.17, 15) is 14.4 Å². The Balaban J connectivity index is 2.15. The molecule has 0 spiro atoms. The number of ether oxygens (including phenoxy) is 1. The van der Waals surface area contributed by atoms with Gasteiger partial charge < -0.3 is 4.74 Å². The van der Waals surface area contributed by atoms with Crippen molar-refractivity contribution in [2.24, 2.45) is 5.92 Å². The minimum Gasteiger partial charge on any atom is -0.465 e. The molecule has 0 bridgehead atoms. The van der Waals surface area contributed by atoms with E-state index in [-0.39, 0.29) is 23.5 Å². The first kappa shape index (κ1) is 16.8. The average molecular weight is 334 g/mol. The highest BCUT2D eigenvalue weighted by molar-refractivity contribution is 6.29. The van der Waals surface area contributed by atoms with E-state index in [0.717, 1.165) is 11.1 Å². The Bertz CT molecular complexity index is 875. The molecule has 0 aromatic heterocycles. The van der Waals surface area contributed by atoms with Gasteiger partial charge in [0, 0.05) is 16.7 Å². The molecule has 1 atom stereocenters. The maximum absolute atomic E-state index is 12.9. The lowest BCUT2D eigenvalue weighted by molar-refractivity contribution is -0.144. The zero-order chi connectivity index (χ0) is 18.0. The molecule has 4 nitrogen and oxygen atoms in total. The molecular formula is C21H18O4. The van der Waals surface area contributed by atoms with Crippen LogP contribution in [-0.2, 0) is 9.53 Å². The van der Waals surface area contributed by atoms with E-state index >= 15 is 0 Å². The third kappa shape index (κ3) is 3.15. The zero-order valence-electron chi connectivity index (χ0n) is 14.1. The van der Waals surface area contributed by atoms with Gasteiger partial charge in [0.1, 0.15) is 5.92 Å². The Morgan fingerprint density at radius 3 is 2.32 bits per heavy atom. The van der Waals surface area contributed by atoms with Gasteiger partial charge in [0.2, 0.25) is 0 Å². The fourth-order valence-electron chi connectivity index (χ4n) is 2.93. The second-order valence-electron chi connectivity index (χ2n) is 5.93. The predicted octanol–water partition coefficient (Wildman–Crippen LogP) is 3.64. The third-order valence-electron chi connectivity index (χ3n) is 4.19. The Labute approximate surface area is 146 Å². The summed E-state index contributed by atoms with van der Waals surface area (Å²) < 4.78 is 5.05. The number of benzene rings is 2. The van der Waals surface area contributed by atoms with Crippen molar-refractivity contribution in [3.63, 3.8) is 0 Å². The summed E-state index contributed by atoms with van der Waals surface area (Å²) in [5, 5.41) is 0. The van der Waals surface area contributed by atoms with Crippen LogP contribution in [0.1, 0.15) is 38.8 Å². The Kier molecular flexibility index (Phi) is 4.61. The normalized spacial score (nSPS) is 18.2. The number of fused-ring (bicyclic) bond motifs is 1. The first-order valence-corrected chi connectivity index (χ1v) is 8.15. The van der Waals surface area contributed by atoms with Crippen LogP contribution in [0.4, 0.5) is 0 Å². The van der Waals surface area contributed by atoms with Crippen molar-refractivity contribution in [2.75, 3.05) is 6.61 Å². The molecule has 1 aliphatic rings. The molecule has 0 unspecified atom stereocenters. The van der Waals surface area contributed by atoms with Crippen LogP contribution in [0.25, 0.3) is 6.08 Å². The minimum atomic E-state index is -1.22. The van der Waals surface area contributed by atoms with Gasteiger partial charge in [0.15, 0.2) is 11.6 Å². The molecular weight excluding hydrogens is 316 g/mol. The summed E-state index contributed by atoms with van der Waals surface area (Å²) in [5.74, 6) is -2.61. The maximum Gasteiger partial charge on any atom is 0.321 e. The van der Waals surface area contributed by atoms with Crippen LogP contribution in [0.15, 0.2) is 54.1 Å². The summed E-state index contributed by atoms with van der Waals surface area (Å²) in [7, 11) is 0. The van der Waals surface area contributed by atoms with Crippen molar-refractivity contribution in [1.29, 1.82) is 0 Å². The quantitative estimate of drug-likeness (QED) is 0.488. The molecule has 0 aliphatic heterocycles. The standard InChI is InChI=1S/C21H18O4/c1-3-25-21(24)18-17(12-14-10-8-13(2)9-11-14)19(22)15-6-4-5-7-16(15)20(18)23/h4-12,18H,3H2,1-2H3/b17-12-/t18-/m1/s1. The fourth-order valence-corrected chi connectivity index (χ4v) is 2.93. The molecule has 0 N–H and O–H groups in total. The fraction of sp³-hybridized carbons (Fsp3) is 0.190. The monoisotopic (exact) mass is 334 g/mol. The van der Waals surface area contributed by atoms with Crippen LogP contribution in [0.3, 0.4) is 0 Å². The summed E-state index contributed by atoms with van der Waals surface area (Å²) in [6.07, 6.45) is 1.61. The summed E-state index contributed by atoms with van der Waals surface area (Å²) in [4.78, 5) is 38.1. The number of Topliss-reactive ketones (excluding diaryl/α,β-unsaturated/α-hetero) is 2. The zero-order valence-corrected chi connectivity index (χ0v) is 14.1. The molecule has 1 aliphatic carbocycles. The Morgan fingerprint density at radius 1 is 1.04 bits per heavy atom. The van der Waals surface area contributed by atoms with Gasteiger partial charge in [-0.2, -0.15) is 0 Å². The van der Waals surface area contributed by atoms with E-state index in [0.29, 0.717) is 5.56 Å². The van der Waals surface area contributed by atoms with Gasteiger partial charge >= 0.3 is 5.97 Å². The lowest BCUT2D eigenvalue weighted by atomic mass is 9.77. The van der Waals surface area contributed by atoms with Gasteiger partial charge in [0.05, 0.1) is 6.61 Å². The van der Waals surface area contributed by atoms with E-state index in [4.69, 9.17) is 4.74 Å². The molecule has 2 aromatic carbocycles. The first-order valence-electron chi connectivity index (χ1n) is 8.15. The molecule has 25 heavy (non-hydrogen) atoms. The number of ketones is 2. The Morgan fingerprint density at radius 2 is 1.68 bits per heavy atom. The summed E-state index contributed by atoms with van der Waals surface area (Å²) in [5.41, 5.74) is 2.60. The highest BCUT2D eigenvalue weighted by atomic mass is 16.5. The molecule has 0 heterocycles. The minimum absolute atomic E-state index is 0.149. The second-order valence-corrected chi connectivity index (χ2v) is 5.93. The van der Waals surface area contributed by atoms with Crippen molar-refractivity contribution >= 4 is 23.6 Å². The van der Waals surface area contributed by atoms with Gasteiger partial charge in [-0.15, -0.1) is 0 Å². The van der Waals surface area contributed by atoms with E-state index in [1.54, 1.807) is 37.3 Å². The van der Waals surface area contributed by atoms with Gasteiger partial charge in [-0.05, 0) is 25.5 Å². The number of esters is 1. The summed E-state index contributed by atoms with van der Waals surface area (Å²) in [6, 6.07) is 14.1.